The Kier molecular flexibility index (Phi) is 8.43. The number of benzene rings is 2. The maximum Gasteiger partial charge on any atom is 0.191 e. The van der Waals surface area contributed by atoms with Gasteiger partial charge in [0, 0.05) is 12.4 Å². The number of fused-ring (bicyclic) bond motifs is 1. The van der Waals surface area contributed by atoms with Gasteiger partial charge in [0.1, 0.15) is 17.4 Å². The number of methoxy groups -OCH3 is 1. The van der Waals surface area contributed by atoms with E-state index < -0.39 is 0 Å². The minimum absolute atomic E-state index is 0. The lowest BCUT2D eigenvalue weighted by molar-refractivity contribution is 0.213. The van der Waals surface area contributed by atoms with Crippen molar-refractivity contribution in [1.82, 2.24) is 10.6 Å². The highest BCUT2D eigenvalue weighted by molar-refractivity contribution is 14.0. The van der Waals surface area contributed by atoms with Gasteiger partial charge in [0.25, 0.3) is 0 Å². The molecule has 150 valence electrons. The van der Waals surface area contributed by atoms with Gasteiger partial charge in [-0.3, -0.25) is 4.99 Å². The van der Waals surface area contributed by atoms with Crippen LogP contribution in [0.25, 0.3) is 11.0 Å². The standard InChI is InChI=1S/C21H25N3O3.HI/c1-15(26-20-11-7-6-10-19(20)25-3)13-23-21(22-2)24-14-17-12-16-8-4-5-9-18(16)27-17;/h4-12,15H,13-14H2,1-3H3,(H2,22,23,24);1H. The number of hydrogen-bond donors (Lipinski definition) is 2. The molecule has 3 aromatic rings. The third-order valence-corrected chi connectivity index (χ3v) is 4.08. The van der Waals surface area contributed by atoms with Gasteiger partial charge in [-0.1, -0.05) is 30.3 Å². The van der Waals surface area contributed by atoms with Crippen molar-refractivity contribution in [3.05, 3.63) is 60.4 Å². The molecule has 2 N–H and O–H groups in total. The van der Waals surface area contributed by atoms with Gasteiger partial charge in [-0.25, -0.2) is 0 Å². The van der Waals surface area contributed by atoms with E-state index in [2.05, 4.69) is 15.6 Å². The minimum atomic E-state index is -0.0638. The van der Waals surface area contributed by atoms with Crippen LogP contribution in [0.5, 0.6) is 11.5 Å². The Morgan fingerprint density at radius 3 is 2.50 bits per heavy atom. The summed E-state index contributed by atoms with van der Waals surface area (Å²) < 4.78 is 17.1. The quantitative estimate of drug-likeness (QED) is 0.292. The maximum atomic E-state index is 5.95. The summed E-state index contributed by atoms with van der Waals surface area (Å²) in [6.45, 7) is 3.14. The Morgan fingerprint density at radius 2 is 1.79 bits per heavy atom. The van der Waals surface area contributed by atoms with E-state index in [0.717, 1.165) is 28.2 Å². The zero-order valence-electron chi connectivity index (χ0n) is 16.3. The first-order chi connectivity index (χ1) is 13.2. The molecule has 28 heavy (non-hydrogen) atoms. The van der Waals surface area contributed by atoms with Crippen LogP contribution in [0.1, 0.15) is 12.7 Å². The molecular weight excluding hydrogens is 469 g/mol. The van der Waals surface area contributed by atoms with E-state index in [-0.39, 0.29) is 30.1 Å². The number of furan rings is 1. The van der Waals surface area contributed by atoms with Crippen molar-refractivity contribution < 1.29 is 13.9 Å². The van der Waals surface area contributed by atoms with Gasteiger partial charge in [-0.2, -0.15) is 0 Å². The van der Waals surface area contributed by atoms with Crippen LogP contribution < -0.4 is 20.1 Å². The maximum absolute atomic E-state index is 5.95. The molecule has 2 aromatic carbocycles. The lowest BCUT2D eigenvalue weighted by atomic mass is 10.2. The van der Waals surface area contributed by atoms with Crippen LogP contribution in [-0.4, -0.2) is 32.8 Å². The van der Waals surface area contributed by atoms with E-state index >= 15 is 0 Å². The Balaban J connectivity index is 0.00000280. The minimum Gasteiger partial charge on any atom is -0.493 e. The topological polar surface area (TPSA) is 68.0 Å². The molecule has 0 amide bonds. The molecule has 0 bridgehead atoms. The summed E-state index contributed by atoms with van der Waals surface area (Å²) in [7, 11) is 3.37. The number of aliphatic imine (C=N–C) groups is 1. The molecule has 7 heteroatoms. The smallest absolute Gasteiger partial charge is 0.191 e. The fourth-order valence-electron chi connectivity index (χ4n) is 2.73. The molecule has 1 unspecified atom stereocenters. The van der Waals surface area contributed by atoms with E-state index in [0.29, 0.717) is 19.0 Å². The molecule has 3 rings (SSSR count). The predicted molar refractivity (Wildman–Crippen MR) is 123 cm³/mol. The molecule has 0 saturated carbocycles. The third kappa shape index (κ3) is 5.79. The van der Waals surface area contributed by atoms with Crippen LogP contribution in [0.2, 0.25) is 0 Å². The molecule has 0 radical (unpaired) electrons. The van der Waals surface area contributed by atoms with Crippen LogP contribution >= 0.6 is 24.0 Å². The fourth-order valence-corrected chi connectivity index (χ4v) is 2.73. The number of nitrogens with one attached hydrogen (secondary N) is 2. The Labute approximate surface area is 182 Å². The number of hydrogen-bond acceptors (Lipinski definition) is 4. The summed E-state index contributed by atoms with van der Waals surface area (Å²) in [6, 6.07) is 17.6. The first kappa shape index (κ1) is 21.9. The summed E-state index contributed by atoms with van der Waals surface area (Å²) in [5.41, 5.74) is 0.885. The second-order valence-corrected chi connectivity index (χ2v) is 6.14. The SMILES string of the molecule is CN=C(NCc1cc2ccccc2o1)NCC(C)Oc1ccccc1OC.I. The second kappa shape index (κ2) is 10.8. The average molecular weight is 495 g/mol. The summed E-state index contributed by atoms with van der Waals surface area (Å²) in [6.07, 6.45) is -0.0638. The molecular formula is C21H26IN3O3. The Hall–Kier alpha value is -2.42. The number of para-hydroxylation sites is 3. The van der Waals surface area contributed by atoms with Gasteiger partial charge < -0.3 is 24.5 Å². The van der Waals surface area contributed by atoms with E-state index in [1.807, 2.05) is 61.5 Å². The van der Waals surface area contributed by atoms with Crippen LogP contribution in [0.15, 0.2) is 64.0 Å². The van der Waals surface area contributed by atoms with Gasteiger partial charge in [-0.05, 0) is 31.2 Å². The average Bonchev–Trinajstić information content (AvgIpc) is 3.11. The van der Waals surface area contributed by atoms with Gasteiger partial charge in [-0.15, -0.1) is 24.0 Å². The van der Waals surface area contributed by atoms with Crippen LogP contribution in [0.3, 0.4) is 0 Å². The molecule has 0 spiro atoms. The predicted octanol–water partition coefficient (Wildman–Crippen LogP) is 4.19. The molecule has 1 heterocycles. The number of halogens is 1. The molecule has 0 aliphatic carbocycles. The third-order valence-electron chi connectivity index (χ3n) is 4.08. The van der Waals surface area contributed by atoms with Crippen molar-refractivity contribution in [3.63, 3.8) is 0 Å². The van der Waals surface area contributed by atoms with Gasteiger partial charge in [0.05, 0.1) is 20.2 Å². The molecule has 1 aromatic heterocycles. The molecule has 0 aliphatic heterocycles. The number of guanidine groups is 1. The molecule has 1 atom stereocenters. The molecule has 0 saturated heterocycles. The normalized spacial score (nSPS) is 12.2. The monoisotopic (exact) mass is 495 g/mol. The summed E-state index contributed by atoms with van der Waals surface area (Å²) in [5.74, 6) is 2.99. The van der Waals surface area contributed by atoms with Crippen molar-refractivity contribution in [3.8, 4) is 11.5 Å². The van der Waals surface area contributed by atoms with Crippen molar-refractivity contribution in [2.75, 3.05) is 20.7 Å². The van der Waals surface area contributed by atoms with E-state index in [1.165, 1.54) is 0 Å². The summed E-state index contributed by atoms with van der Waals surface area (Å²) in [4.78, 5) is 4.24. The van der Waals surface area contributed by atoms with Gasteiger partial charge >= 0.3 is 0 Å². The first-order valence-electron chi connectivity index (χ1n) is 8.91. The summed E-state index contributed by atoms with van der Waals surface area (Å²) in [5, 5.41) is 7.61. The van der Waals surface area contributed by atoms with Crippen LogP contribution in [0, 0.1) is 0 Å². The summed E-state index contributed by atoms with van der Waals surface area (Å²) >= 11 is 0. The highest BCUT2D eigenvalue weighted by Crippen LogP contribution is 2.26. The lowest BCUT2D eigenvalue weighted by Gasteiger charge is -2.18. The number of nitrogens with zero attached hydrogens (tertiary/aromatic N) is 1. The van der Waals surface area contributed by atoms with Crippen molar-refractivity contribution in [1.29, 1.82) is 0 Å². The highest BCUT2D eigenvalue weighted by atomic mass is 127. The molecule has 0 aliphatic rings. The zero-order valence-corrected chi connectivity index (χ0v) is 18.6. The van der Waals surface area contributed by atoms with Gasteiger partial charge in [0.15, 0.2) is 17.5 Å². The number of rotatable bonds is 7. The Morgan fingerprint density at radius 1 is 1.07 bits per heavy atom. The fraction of sp³-hybridized carbons (Fsp3) is 0.286. The molecule has 0 fully saturated rings. The van der Waals surface area contributed by atoms with Crippen molar-refractivity contribution in [2.45, 2.75) is 19.6 Å². The largest absolute Gasteiger partial charge is 0.493 e. The second-order valence-electron chi connectivity index (χ2n) is 6.14. The number of ether oxygens (including phenoxy) is 2. The Bertz CT molecular complexity index is 878. The van der Waals surface area contributed by atoms with Crippen molar-refractivity contribution >= 4 is 40.9 Å². The van der Waals surface area contributed by atoms with E-state index in [1.54, 1.807) is 14.2 Å². The van der Waals surface area contributed by atoms with Crippen LogP contribution in [-0.2, 0) is 6.54 Å². The van der Waals surface area contributed by atoms with Crippen molar-refractivity contribution in [2.24, 2.45) is 4.99 Å². The van der Waals surface area contributed by atoms with Gasteiger partial charge in [0.2, 0.25) is 0 Å². The highest BCUT2D eigenvalue weighted by Gasteiger charge is 2.10. The zero-order chi connectivity index (χ0) is 19.1. The van der Waals surface area contributed by atoms with Crippen LogP contribution in [0.4, 0.5) is 0 Å². The molecule has 6 nitrogen and oxygen atoms in total. The lowest BCUT2D eigenvalue weighted by Crippen LogP contribution is -2.41. The van der Waals surface area contributed by atoms with E-state index in [9.17, 15) is 0 Å². The first-order valence-corrected chi connectivity index (χ1v) is 8.91. The van der Waals surface area contributed by atoms with E-state index in [4.69, 9.17) is 13.9 Å².